The number of carbonyl (C=O) groups is 1. The van der Waals surface area contributed by atoms with Crippen molar-refractivity contribution in [3.63, 3.8) is 0 Å². The van der Waals surface area contributed by atoms with Gasteiger partial charge in [0.1, 0.15) is 0 Å². The molecule has 3 nitrogen and oxygen atoms in total. The van der Waals surface area contributed by atoms with Crippen LogP contribution in [0.15, 0.2) is 36.5 Å². The van der Waals surface area contributed by atoms with Crippen LogP contribution in [-0.4, -0.2) is 16.9 Å². The van der Waals surface area contributed by atoms with Crippen molar-refractivity contribution in [1.29, 1.82) is 0 Å². The maximum atomic E-state index is 11.9. The number of fused-ring (bicyclic) bond motifs is 5. The quantitative estimate of drug-likeness (QED) is 0.678. The molecule has 1 aromatic rings. The SMILES string of the molecule is CC(CC[C@H]1CC[C@H]2[C@@H]3CC[C@H]4NC(=O)C=C[C@]4(C)[C@H]3CC[C@]12C)c1ccccn1. The zero-order chi connectivity index (χ0) is 20.9. The summed E-state index contributed by atoms with van der Waals surface area (Å²) in [5.74, 6) is 3.97. The smallest absolute Gasteiger partial charge is 0.243 e. The number of pyridine rings is 1. The third-order valence-electron chi connectivity index (χ3n) is 10.0. The second-order valence-electron chi connectivity index (χ2n) is 11.3. The third kappa shape index (κ3) is 3.15. The van der Waals surface area contributed by atoms with E-state index in [0.717, 1.165) is 30.1 Å². The molecule has 1 aliphatic heterocycles. The third-order valence-corrected chi connectivity index (χ3v) is 10.0. The number of amides is 1. The summed E-state index contributed by atoms with van der Waals surface area (Å²) in [5.41, 5.74) is 1.91. The Balaban J connectivity index is 1.29. The Labute approximate surface area is 182 Å². The summed E-state index contributed by atoms with van der Waals surface area (Å²) in [6, 6.07) is 6.66. The molecule has 8 atom stereocenters. The molecule has 5 rings (SSSR count). The fourth-order valence-electron chi connectivity index (χ4n) is 8.18. The van der Waals surface area contributed by atoms with Crippen LogP contribution in [0.5, 0.6) is 0 Å². The van der Waals surface area contributed by atoms with Crippen molar-refractivity contribution in [2.24, 2.45) is 34.5 Å². The maximum Gasteiger partial charge on any atom is 0.243 e. The van der Waals surface area contributed by atoms with Crippen molar-refractivity contribution in [2.45, 2.75) is 84.1 Å². The molecule has 0 saturated heterocycles. The largest absolute Gasteiger partial charge is 0.349 e. The highest BCUT2D eigenvalue weighted by Gasteiger charge is 2.59. The number of nitrogens with one attached hydrogen (secondary N) is 1. The predicted octanol–water partition coefficient (Wildman–Crippen LogP) is 5.88. The predicted molar refractivity (Wildman–Crippen MR) is 121 cm³/mol. The summed E-state index contributed by atoms with van der Waals surface area (Å²) >= 11 is 0. The van der Waals surface area contributed by atoms with Crippen molar-refractivity contribution in [3.05, 3.63) is 42.2 Å². The first-order valence-corrected chi connectivity index (χ1v) is 12.3. The fourth-order valence-corrected chi connectivity index (χ4v) is 8.18. The van der Waals surface area contributed by atoms with E-state index < -0.39 is 0 Å². The van der Waals surface area contributed by atoms with Crippen LogP contribution >= 0.6 is 0 Å². The van der Waals surface area contributed by atoms with Gasteiger partial charge < -0.3 is 5.32 Å². The Hall–Kier alpha value is -1.64. The number of aromatic nitrogens is 1. The standard InChI is InChI=1S/C27H38N2O/c1-18(23-6-4-5-17-28-23)7-8-19-9-11-21-20-10-12-24-27(3,16-14-25(30)29-24)22(20)13-15-26(19,21)2/h4-6,14,16-22,24H,7-13,15H2,1-3H3,(H,29,30)/t18?,19-,20-,21-,22-,24+,26+,27+/m0/s1. The lowest BCUT2D eigenvalue weighted by atomic mass is 9.47. The zero-order valence-corrected chi connectivity index (χ0v) is 18.9. The van der Waals surface area contributed by atoms with Crippen LogP contribution in [-0.2, 0) is 4.79 Å². The second kappa shape index (κ2) is 7.50. The highest BCUT2D eigenvalue weighted by atomic mass is 16.1. The molecular weight excluding hydrogens is 368 g/mol. The molecule has 3 heteroatoms. The summed E-state index contributed by atoms with van der Waals surface area (Å²) in [4.78, 5) is 16.5. The maximum absolute atomic E-state index is 11.9. The van der Waals surface area contributed by atoms with Crippen LogP contribution in [0, 0.1) is 34.5 Å². The summed E-state index contributed by atoms with van der Waals surface area (Å²) in [6.45, 7) is 7.40. The molecule has 1 aromatic heterocycles. The molecule has 1 amide bonds. The number of nitrogens with zero attached hydrogens (tertiary/aromatic N) is 1. The van der Waals surface area contributed by atoms with Gasteiger partial charge in [-0.05, 0) is 105 Å². The zero-order valence-electron chi connectivity index (χ0n) is 18.9. The van der Waals surface area contributed by atoms with E-state index in [2.05, 4.69) is 49.3 Å². The van der Waals surface area contributed by atoms with Crippen LogP contribution in [0.4, 0.5) is 0 Å². The Morgan fingerprint density at radius 2 is 2.00 bits per heavy atom. The number of carbonyl (C=O) groups excluding carboxylic acids is 1. The van der Waals surface area contributed by atoms with Crippen molar-refractivity contribution in [2.75, 3.05) is 0 Å². The van der Waals surface area contributed by atoms with E-state index in [1.165, 1.54) is 50.6 Å². The summed E-state index contributed by atoms with van der Waals surface area (Å²) in [5, 5.41) is 3.29. The van der Waals surface area contributed by atoms with Gasteiger partial charge in [-0.15, -0.1) is 0 Å². The number of rotatable bonds is 4. The molecule has 0 aromatic carbocycles. The molecule has 0 bridgehead atoms. The fraction of sp³-hybridized carbons (Fsp3) is 0.704. The molecule has 3 saturated carbocycles. The molecule has 3 aliphatic carbocycles. The minimum absolute atomic E-state index is 0.111. The van der Waals surface area contributed by atoms with Crippen LogP contribution in [0.2, 0.25) is 0 Å². The molecule has 0 radical (unpaired) electrons. The first kappa shape index (κ1) is 20.3. The molecule has 162 valence electrons. The molecular formula is C27H38N2O. The minimum atomic E-state index is 0.111. The van der Waals surface area contributed by atoms with Gasteiger partial charge in [-0.1, -0.05) is 32.9 Å². The van der Waals surface area contributed by atoms with E-state index >= 15 is 0 Å². The van der Waals surface area contributed by atoms with Crippen LogP contribution in [0.3, 0.4) is 0 Å². The van der Waals surface area contributed by atoms with Gasteiger partial charge in [0.2, 0.25) is 5.91 Å². The second-order valence-corrected chi connectivity index (χ2v) is 11.3. The van der Waals surface area contributed by atoms with Crippen molar-refractivity contribution in [1.82, 2.24) is 10.3 Å². The molecule has 1 N–H and O–H groups in total. The normalized spacial score (nSPS) is 43.3. The summed E-state index contributed by atoms with van der Waals surface area (Å²) in [6.07, 6.45) is 16.6. The van der Waals surface area contributed by atoms with Crippen LogP contribution in [0.25, 0.3) is 0 Å². The van der Waals surface area contributed by atoms with Gasteiger partial charge in [-0.3, -0.25) is 9.78 Å². The lowest BCUT2D eigenvalue weighted by Crippen LogP contribution is -2.59. The molecule has 0 spiro atoms. The van der Waals surface area contributed by atoms with Gasteiger partial charge in [0.15, 0.2) is 0 Å². The van der Waals surface area contributed by atoms with E-state index in [1.807, 2.05) is 18.3 Å². The molecule has 4 aliphatic rings. The molecule has 3 fully saturated rings. The average molecular weight is 407 g/mol. The van der Waals surface area contributed by atoms with E-state index in [-0.39, 0.29) is 11.3 Å². The summed E-state index contributed by atoms with van der Waals surface area (Å²) in [7, 11) is 0. The van der Waals surface area contributed by atoms with Crippen molar-refractivity contribution >= 4 is 5.91 Å². The molecule has 2 heterocycles. The number of hydrogen-bond acceptors (Lipinski definition) is 2. The Bertz CT molecular complexity index is 819. The Kier molecular flexibility index (Phi) is 5.07. The van der Waals surface area contributed by atoms with E-state index in [9.17, 15) is 4.79 Å². The van der Waals surface area contributed by atoms with Gasteiger partial charge >= 0.3 is 0 Å². The highest BCUT2D eigenvalue weighted by molar-refractivity contribution is 5.89. The monoisotopic (exact) mass is 406 g/mol. The first-order valence-electron chi connectivity index (χ1n) is 12.3. The van der Waals surface area contributed by atoms with Gasteiger partial charge in [0, 0.05) is 23.3 Å². The van der Waals surface area contributed by atoms with E-state index in [0.29, 0.717) is 17.4 Å². The molecule has 1 unspecified atom stereocenters. The Morgan fingerprint density at radius 3 is 2.80 bits per heavy atom. The van der Waals surface area contributed by atoms with Crippen molar-refractivity contribution in [3.8, 4) is 0 Å². The van der Waals surface area contributed by atoms with Gasteiger partial charge in [0.05, 0.1) is 0 Å². The van der Waals surface area contributed by atoms with Gasteiger partial charge in [-0.25, -0.2) is 0 Å². The lowest BCUT2D eigenvalue weighted by molar-refractivity contribution is -0.122. The average Bonchev–Trinajstić information content (AvgIpc) is 3.09. The van der Waals surface area contributed by atoms with Crippen molar-refractivity contribution < 1.29 is 4.79 Å². The van der Waals surface area contributed by atoms with Gasteiger partial charge in [0.25, 0.3) is 0 Å². The summed E-state index contributed by atoms with van der Waals surface area (Å²) < 4.78 is 0. The van der Waals surface area contributed by atoms with Gasteiger partial charge in [-0.2, -0.15) is 0 Å². The first-order chi connectivity index (χ1) is 14.4. The minimum Gasteiger partial charge on any atom is -0.349 e. The van der Waals surface area contributed by atoms with Crippen LogP contribution < -0.4 is 5.32 Å². The van der Waals surface area contributed by atoms with E-state index in [1.54, 1.807) is 0 Å². The van der Waals surface area contributed by atoms with E-state index in [4.69, 9.17) is 0 Å². The highest BCUT2D eigenvalue weighted by Crippen LogP contribution is 2.65. The van der Waals surface area contributed by atoms with Crippen LogP contribution in [0.1, 0.15) is 83.7 Å². The topological polar surface area (TPSA) is 42.0 Å². The molecule has 30 heavy (non-hydrogen) atoms. The number of hydrogen-bond donors (Lipinski definition) is 1. The Morgan fingerprint density at radius 1 is 1.13 bits per heavy atom. The lowest BCUT2D eigenvalue weighted by Gasteiger charge is -2.59.